The Kier molecular flexibility index (Phi) is 6.23. The first-order chi connectivity index (χ1) is 14.0. The van der Waals surface area contributed by atoms with Crippen LogP contribution in [-0.4, -0.2) is 36.8 Å². The number of hydrogen-bond donors (Lipinski definition) is 2. The van der Waals surface area contributed by atoms with Crippen LogP contribution >= 0.6 is 0 Å². The zero-order chi connectivity index (χ0) is 20.8. The molecular weight excluding hydrogens is 374 g/mol. The lowest BCUT2D eigenvalue weighted by Gasteiger charge is -2.18. The van der Waals surface area contributed by atoms with Crippen LogP contribution in [-0.2, 0) is 19.1 Å². The highest BCUT2D eigenvalue weighted by Crippen LogP contribution is 2.28. The van der Waals surface area contributed by atoms with Crippen LogP contribution in [0.15, 0.2) is 54.6 Å². The minimum Gasteiger partial charge on any atom is -0.455 e. The maximum absolute atomic E-state index is 12.3. The summed E-state index contributed by atoms with van der Waals surface area (Å²) in [7, 11) is 0. The molecule has 1 aliphatic rings. The third-order valence-electron chi connectivity index (χ3n) is 4.56. The summed E-state index contributed by atoms with van der Waals surface area (Å²) in [5, 5.41) is 0. The van der Waals surface area contributed by atoms with Gasteiger partial charge in [-0.05, 0) is 30.7 Å². The first kappa shape index (κ1) is 20.1. The Labute approximate surface area is 167 Å². The van der Waals surface area contributed by atoms with Crippen molar-refractivity contribution < 1.29 is 23.9 Å². The molecule has 29 heavy (non-hydrogen) atoms. The van der Waals surface area contributed by atoms with Gasteiger partial charge in [-0.25, -0.2) is 0 Å². The number of ether oxygens (including phenoxy) is 1. The molecule has 2 aromatic rings. The molecule has 1 heterocycles. The number of amides is 3. The van der Waals surface area contributed by atoms with Crippen LogP contribution in [0.3, 0.4) is 0 Å². The van der Waals surface area contributed by atoms with E-state index in [1.807, 2.05) is 31.2 Å². The van der Waals surface area contributed by atoms with Gasteiger partial charge in [0.15, 0.2) is 6.61 Å². The second-order valence-electron chi connectivity index (χ2n) is 6.67. The summed E-state index contributed by atoms with van der Waals surface area (Å²) < 4.78 is 5.01. The monoisotopic (exact) mass is 395 g/mol. The van der Waals surface area contributed by atoms with Crippen LogP contribution in [0, 0.1) is 12.8 Å². The standard InChI is InChI=1S/C21H21N3O5/c1-14-7-5-6-10-17(14)24-12-16(11-19(24)26)21(28)29-13-18(25)22-23-20(27)15-8-3-2-4-9-15/h2-10,16H,11-13H2,1H3,(H,22,25)(H,23,27)/t16-/m1/s1. The van der Waals surface area contributed by atoms with Gasteiger partial charge in [0.1, 0.15) is 0 Å². The van der Waals surface area contributed by atoms with E-state index in [1.54, 1.807) is 35.2 Å². The molecule has 0 spiro atoms. The molecule has 0 bridgehead atoms. The quantitative estimate of drug-likeness (QED) is 0.587. The number of rotatable bonds is 5. The maximum Gasteiger partial charge on any atom is 0.311 e. The predicted octanol–water partition coefficient (Wildman–Crippen LogP) is 1.35. The Bertz CT molecular complexity index is 929. The fourth-order valence-electron chi connectivity index (χ4n) is 3.04. The zero-order valence-corrected chi connectivity index (χ0v) is 15.9. The molecule has 1 fully saturated rings. The third-order valence-corrected chi connectivity index (χ3v) is 4.56. The molecule has 2 N–H and O–H groups in total. The summed E-state index contributed by atoms with van der Waals surface area (Å²) in [6, 6.07) is 15.8. The number of aryl methyl sites for hydroxylation is 1. The summed E-state index contributed by atoms with van der Waals surface area (Å²) in [6.45, 7) is 1.54. The zero-order valence-electron chi connectivity index (χ0n) is 15.9. The van der Waals surface area contributed by atoms with Crippen LogP contribution in [0.2, 0.25) is 0 Å². The number of hydrazine groups is 1. The summed E-state index contributed by atoms with van der Waals surface area (Å²) in [4.78, 5) is 49.8. The van der Waals surface area contributed by atoms with Gasteiger partial charge in [-0.3, -0.25) is 30.0 Å². The average Bonchev–Trinajstić information content (AvgIpc) is 3.12. The van der Waals surface area contributed by atoms with E-state index < -0.39 is 30.3 Å². The summed E-state index contributed by atoms with van der Waals surface area (Å²) in [5.41, 5.74) is 6.50. The van der Waals surface area contributed by atoms with Crippen molar-refractivity contribution in [1.29, 1.82) is 0 Å². The van der Waals surface area contributed by atoms with Crippen LogP contribution in [0.5, 0.6) is 0 Å². The van der Waals surface area contributed by atoms with Gasteiger partial charge in [-0.1, -0.05) is 36.4 Å². The van der Waals surface area contributed by atoms with Gasteiger partial charge in [-0.2, -0.15) is 0 Å². The van der Waals surface area contributed by atoms with Crippen molar-refractivity contribution in [2.24, 2.45) is 5.92 Å². The number of benzene rings is 2. The highest BCUT2D eigenvalue weighted by Gasteiger charge is 2.36. The van der Waals surface area contributed by atoms with Gasteiger partial charge >= 0.3 is 5.97 Å². The average molecular weight is 395 g/mol. The van der Waals surface area contributed by atoms with Gasteiger partial charge in [0.05, 0.1) is 5.92 Å². The SMILES string of the molecule is Cc1ccccc1N1C[C@H](C(=O)OCC(=O)NNC(=O)c2ccccc2)CC1=O. The van der Waals surface area contributed by atoms with E-state index in [4.69, 9.17) is 4.74 Å². The summed E-state index contributed by atoms with van der Waals surface area (Å²) >= 11 is 0. The molecule has 1 atom stereocenters. The molecule has 2 aromatic carbocycles. The Morgan fingerprint density at radius 3 is 2.45 bits per heavy atom. The van der Waals surface area contributed by atoms with Crippen LogP contribution < -0.4 is 15.8 Å². The van der Waals surface area contributed by atoms with E-state index in [0.717, 1.165) is 11.3 Å². The molecule has 150 valence electrons. The smallest absolute Gasteiger partial charge is 0.311 e. The Balaban J connectivity index is 1.46. The second-order valence-corrected chi connectivity index (χ2v) is 6.67. The van der Waals surface area contributed by atoms with Gasteiger partial charge < -0.3 is 9.64 Å². The van der Waals surface area contributed by atoms with Gasteiger partial charge in [0.2, 0.25) is 5.91 Å². The molecule has 8 nitrogen and oxygen atoms in total. The predicted molar refractivity (Wildman–Crippen MR) is 105 cm³/mol. The number of carbonyl (C=O) groups is 4. The lowest BCUT2D eigenvalue weighted by atomic mass is 10.1. The molecule has 0 radical (unpaired) electrons. The molecular formula is C21H21N3O5. The lowest BCUT2D eigenvalue weighted by Crippen LogP contribution is -2.43. The highest BCUT2D eigenvalue weighted by atomic mass is 16.5. The first-order valence-electron chi connectivity index (χ1n) is 9.12. The summed E-state index contributed by atoms with van der Waals surface area (Å²) in [6.07, 6.45) is 0.0273. The number of esters is 1. The molecule has 0 saturated carbocycles. The molecule has 3 rings (SSSR count). The highest BCUT2D eigenvalue weighted by molar-refractivity contribution is 6.00. The fraction of sp³-hybridized carbons (Fsp3) is 0.238. The van der Waals surface area contributed by atoms with E-state index in [-0.39, 0.29) is 18.9 Å². The minimum atomic E-state index is -0.678. The molecule has 3 amide bonds. The number of hydrogen-bond acceptors (Lipinski definition) is 5. The number of anilines is 1. The van der Waals surface area contributed by atoms with Crippen LogP contribution in [0.25, 0.3) is 0 Å². The second kappa shape index (κ2) is 9.01. The molecule has 1 saturated heterocycles. The molecule has 1 aliphatic heterocycles. The number of nitrogens with one attached hydrogen (secondary N) is 2. The van der Waals surface area contributed by atoms with Crippen molar-refractivity contribution >= 4 is 29.4 Å². The minimum absolute atomic E-state index is 0.0273. The molecule has 8 heteroatoms. The van der Waals surface area contributed by atoms with E-state index in [9.17, 15) is 19.2 Å². The van der Waals surface area contributed by atoms with Crippen molar-refractivity contribution in [3.63, 3.8) is 0 Å². The Hall–Kier alpha value is -3.68. The van der Waals surface area contributed by atoms with Gasteiger partial charge in [0, 0.05) is 24.2 Å². The first-order valence-corrected chi connectivity index (χ1v) is 9.12. The van der Waals surface area contributed by atoms with E-state index in [0.29, 0.717) is 5.56 Å². The van der Waals surface area contributed by atoms with E-state index in [2.05, 4.69) is 10.9 Å². The number of para-hydroxylation sites is 1. The molecule has 0 aliphatic carbocycles. The summed E-state index contributed by atoms with van der Waals surface area (Å²) in [5.74, 6) is -2.60. The van der Waals surface area contributed by atoms with E-state index >= 15 is 0 Å². The lowest BCUT2D eigenvalue weighted by molar-refractivity contribution is -0.152. The van der Waals surface area contributed by atoms with Gasteiger partial charge in [-0.15, -0.1) is 0 Å². The van der Waals surface area contributed by atoms with Crippen molar-refractivity contribution in [1.82, 2.24) is 10.9 Å². The van der Waals surface area contributed by atoms with Crippen molar-refractivity contribution in [3.05, 3.63) is 65.7 Å². The fourth-order valence-corrected chi connectivity index (χ4v) is 3.04. The normalized spacial score (nSPS) is 15.7. The Morgan fingerprint density at radius 1 is 1.03 bits per heavy atom. The van der Waals surface area contributed by atoms with Crippen molar-refractivity contribution in [3.8, 4) is 0 Å². The maximum atomic E-state index is 12.3. The molecule has 0 unspecified atom stereocenters. The largest absolute Gasteiger partial charge is 0.455 e. The van der Waals surface area contributed by atoms with Crippen molar-refractivity contribution in [2.75, 3.05) is 18.1 Å². The molecule has 0 aromatic heterocycles. The van der Waals surface area contributed by atoms with Crippen LogP contribution in [0.4, 0.5) is 5.69 Å². The van der Waals surface area contributed by atoms with Gasteiger partial charge in [0.25, 0.3) is 11.8 Å². The van der Waals surface area contributed by atoms with Crippen molar-refractivity contribution in [2.45, 2.75) is 13.3 Å². The number of carbonyl (C=O) groups excluding carboxylic acids is 4. The topological polar surface area (TPSA) is 105 Å². The third kappa shape index (κ3) is 4.98. The Morgan fingerprint density at radius 2 is 1.72 bits per heavy atom. The number of nitrogens with zero attached hydrogens (tertiary/aromatic N) is 1. The van der Waals surface area contributed by atoms with E-state index in [1.165, 1.54) is 0 Å². The van der Waals surface area contributed by atoms with Crippen LogP contribution in [0.1, 0.15) is 22.3 Å².